The molecule has 0 aliphatic carbocycles. The number of hydrogen-bond acceptors (Lipinski definition) is 2. The first-order valence-corrected chi connectivity index (χ1v) is 7.12. The summed E-state index contributed by atoms with van der Waals surface area (Å²) in [5.74, 6) is -0.0912. The third kappa shape index (κ3) is 3.63. The number of nitrogens with two attached hydrogens (primary N) is 1. The Morgan fingerprint density at radius 1 is 1.05 bits per heavy atom. The van der Waals surface area contributed by atoms with Gasteiger partial charge in [0.15, 0.2) is 0 Å². The van der Waals surface area contributed by atoms with Gasteiger partial charge in [0, 0.05) is 11.3 Å². The van der Waals surface area contributed by atoms with Gasteiger partial charge in [-0.05, 0) is 51.0 Å². The second kappa shape index (κ2) is 6.00. The van der Waals surface area contributed by atoms with Crippen LogP contribution in [0.25, 0.3) is 0 Å². The van der Waals surface area contributed by atoms with Crippen LogP contribution in [-0.2, 0) is 0 Å². The van der Waals surface area contributed by atoms with Gasteiger partial charge in [-0.1, -0.05) is 35.4 Å². The molecular weight excluding hydrogens is 260 g/mol. The standard InChI is InChI=1S/C18H22N2O/c1-11-7-12(2)9-15(8-11)14(4)20-18(21)17-10-16(19)6-5-13(17)3/h5-10,14H,19H2,1-4H3,(H,20,21). The van der Waals surface area contributed by atoms with Gasteiger partial charge >= 0.3 is 0 Å². The highest BCUT2D eigenvalue weighted by Crippen LogP contribution is 2.18. The summed E-state index contributed by atoms with van der Waals surface area (Å²) >= 11 is 0. The second-order valence-electron chi connectivity index (χ2n) is 5.69. The summed E-state index contributed by atoms with van der Waals surface area (Å²) in [4.78, 5) is 12.4. The fraction of sp³-hybridized carbons (Fsp3) is 0.278. The number of carbonyl (C=O) groups excluding carboxylic acids is 1. The third-order valence-corrected chi connectivity index (χ3v) is 3.60. The highest BCUT2D eigenvalue weighted by atomic mass is 16.1. The Labute approximate surface area is 126 Å². The molecule has 0 aliphatic heterocycles. The molecule has 2 rings (SSSR count). The maximum absolute atomic E-state index is 12.4. The lowest BCUT2D eigenvalue weighted by Crippen LogP contribution is -2.27. The number of amides is 1. The summed E-state index contributed by atoms with van der Waals surface area (Å²) in [6.07, 6.45) is 0. The van der Waals surface area contributed by atoms with Crippen LogP contribution in [0.3, 0.4) is 0 Å². The van der Waals surface area contributed by atoms with Crippen molar-refractivity contribution in [3.63, 3.8) is 0 Å². The molecule has 1 unspecified atom stereocenters. The summed E-state index contributed by atoms with van der Waals surface area (Å²) < 4.78 is 0. The van der Waals surface area contributed by atoms with E-state index >= 15 is 0 Å². The molecule has 1 atom stereocenters. The molecule has 0 fully saturated rings. The summed E-state index contributed by atoms with van der Waals surface area (Å²) in [5.41, 5.74) is 11.4. The van der Waals surface area contributed by atoms with Crippen molar-refractivity contribution in [1.82, 2.24) is 5.32 Å². The summed E-state index contributed by atoms with van der Waals surface area (Å²) in [5, 5.41) is 3.04. The number of rotatable bonds is 3. The lowest BCUT2D eigenvalue weighted by atomic mass is 10.0. The zero-order chi connectivity index (χ0) is 15.6. The first-order chi connectivity index (χ1) is 9.86. The van der Waals surface area contributed by atoms with E-state index in [9.17, 15) is 4.79 Å². The zero-order valence-corrected chi connectivity index (χ0v) is 13.0. The predicted octanol–water partition coefficient (Wildman–Crippen LogP) is 3.69. The van der Waals surface area contributed by atoms with Gasteiger partial charge in [-0.25, -0.2) is 0 Å². The van der Waals surface area contributed by atoms with E-state index in [4.69, 9.17) is 5.73 Å². The number of aryl methyl sites for hydroxylation is 3. The van der Waals surface area contributed by atoms with Crippen molar-refractivity contribution >= 4 is 11.6 Å². The summed E-state index contributed by atoms with van der Waals surface area (Å²) in [7, 11) is 0. The molecule has 0 bridgehead atoms. The minimum Gasteiger partial charge on any atom is -0.399 e. The number of anilines is 1. The number of nitrogens with one attached hydrogen (secondary N) is 1. The molecule has 0 aliphatic rings. The van der Waals surface area contributed by atoms with Gasteiger partial charge in [0.1, 0.15) is 0 Å². The van der Waals surface area contributed by atoms with E-state index in [2.05, 4.69) is 37.4 Å². The normalized spacial score (nSPS) is 12.0. The minimum atomic E-state index is -0.0912. The first kappa shape index (κ1) is 15.1. The van der Waals surface area contributed by atoms with Gasteiger partial charge in [-0.2, -0.15) is 0 Å². The largest absolute Gasteiger partial charge is 0.399 e. The van der Waals surface area contributed by atoms with Crippen LogP contribution >= 0.6 is 0 Å². The number of nitrogen functional groups attached to an aromatic ring is 1. The number of carbonyl (C=O) groups is 1. The molecule has 0 radical (unpaired) electrons. The molecule has 3 nitrogen and oxygen atoms in total. The molecule has 0 saturated heterocycles. The van der Waals surface area contributed by atoms with Crippen LogP contribution < -0.4 is 11.1 Å². The summed E-state index contributed by atoms with van der Waals surface area (Å²) in [6, 6.07) is 11.7. The molecule has 110 valence electrons. The Kier molecular flexibility index (Phi) is 4.32. The first-order valence-electron chi connectivity index (χ1n) is 7.12. The number of benzene rings is 2. The lowest BCUT2D eigenvalue weighted by Gasteiger charge is -2.17. The predicted molar refractivity (Wildman–Crippen MR) is 87.4 cm³/mol. The second-order valence-corrected chi connectivity index (χ2v) is 5.69. The molecule has 0 aromatic heterocycles. The van der Waals surface area contributed by atoms with Gasteiger partial charge in [0.05, 0.1) is 6.04 Å². The van der Waals surface area contributed by atoms with Crippen molar-refractivity contribution in [2.24, 2.45) is 0 Å². The maximum atomic E-state index is 12.4. The van der Waals surface area contributed by atoms with E-state index < -0.39 is 0 Å². The fourth-order valence-corrected chi connectivity index (χ4v) is 2.50. The highest BCUT2D eigenvalue weighted by Gasteiger charge is 2.14. The molecule has 2 aromatic rings. The minimum absolute atomic E-state index is 0.0445. The average Bonchev–Trinajstić information content (AvgIpc) is 2.40. The molecule has 0 heterocycles. The Morgan fingerprint density at radius 2 is 1.67 bits per heavy atom. The van der Waals surface area contributed by atoms with Gasteiger partial charge in [-0.3, -0.25) is 4.79 Å². The van der Waals surface area contributed by atoms with Crippen molar-refractivity contribution in [1.29, 1.82) is 0 Å². The van der Waals surface area contributed by atoms with E-state index in [1.807, 2.05) is 19.9 Å². The molecule has 2 aromatic carbocycles. The van der Waals surface area contributed by atoms with Crippen molar-refractivity contribution in [2.75, 3.05) is 5.73 Å². The SMILES string of the molecule is Cc1cc(C)cc(C(C)NC(=O)c2cc(N)ccc2C)c1. The molecule has 0 saturated carbocycles. The Morgan fingerprint density at radius 3 is 2.29 bits per heavy atom. The van der Waals surface area contributed by atoms with Crippen LogP contribution in [-0.4, -0.2) is 5.91 Å². The Hall–Kier alpha value is -2.29. The van der Waals surface area contributed by atoms with Crippen LogP contribution in [0.4, 0.5) is 5.69 Å². The van der Waals surface area contributed by atoms with E-state index in [0.717, 1.165) is 11.1 Å². The quantitative estimate of drug-likeness (QED) is 0.844. The maximum Gasteiger partial charge on any atom is 0.252 e. The van der Waals surface area contributed by atoms with E-state index in [0.29, 0.717) is 11.3 Å². The van der Waals surface area contributed by atoms with Crippen LogP contribution in [0.2, 0.25) is 0 Å². The van der Waals surface area contributed by atoms with Crippen LogP contribution in [0.5, 0.6) is 0 Å². The van der Waals surface area contributed by atoms with E-state index in [1.54, 1.807) is 12.1 Å². The van der Waals surface area contributed by atoms with Crippen molar-refractivity contribution < 1.29 is 4.79 Å². The third-order valence-electron chi connectivity index (χ3n) is 3.60. The molecule has 1 amide bonds. The molecular formula is C18H22N2O. The Balaban J connectivity index is 2.20. The van der Waals surface area contributed by atoms with Gasteiger partial charge in [0.2, 0.25) is 0 Å². The van der Waals surface area contributed by atoms with Crippen molar-refractivity contribution in [3.05, 3.63) is 64.2 Å². The van der Waals surface area contributed by atoms with Gasteiger partial charge in [-0.15, -0.1) is 0 Å². The van der Waals surface area contributed by atoms with Crippen molar-refractivity contribution in [3.8, 4) is 0 Å². The van der Waals surface area contributed by atoms with Gasteiger partial charge in [0.25, 0.3) is 5.91 Å². The number of hydrogen-bond donors (Lipinski definition) is 2. The lowest BCUT2D eigenvalue weighted by molar-refractivity contribution is 0.0939. The molecule has 3 heteroatoms. The smallest absolute Gasteiger partial charge is 0.252 e. The average molecular weight is 282 g/mol. The zero-order valence-electron chi connectivity index (χ0n) is 13.0. The summed E-state index contributed by atoms with van der Waals surface area (Å²) in [6.45, 7) is 8.03. The fourth-order valence-electron chi connectivity index (χ4n) is 2.50. The monoisotopic (exact) mass is 282 g/mol. The highest BCUT2D eigenvalue weighted by molar-refractivity contribution is 5.96. The van der Waals surface area contributed by atoms with Gasteiger partial charge < -0.3 is 11.1 Å². The van der Waals surface area contributed by atoms with E-state index in [-0.39, 0.29) is 11.9 Å². The van der Waals surface area contributed by atoms with Crippen LogP contribution in [0, 0.1) is 20.8 Å². The molecule has 3 N–H and O–H groups in total. The molecule has 0 spiro atoms. The Bertz CT molecular complexity index is 657. The topological polar surface area (TPSA) is 55.1 Å². The van der Waals surface area contributed by atoms with Crippen molar-refractivity contribution in [2.45, 2.75) is 33.7 Å². The van der Waals surface area contributed by atoms with E-state index in [1.165, 1.54) is 11.1 Å². The molecule has 21 heavy (non-hydrogen) atoms. The van der Waals surface area contributed by atoms with Crippen LogP contribution in [0.15, 0.2) is 36.4 Å². The van der Waals surface area contributed by atoms with Crippen LogP contribution in [0.1, 0.15) is 45.6 Å².